The van der Waals surface area contributed by atoms with Crippen molar-refractivity contribution in [2.45, 2.75) is 30.1 Å². The highest BCUT2D eigenvalue weighted by molar-refractivity contribution is 9.09. The Morgan fingerprint density at radius 2 is 2.22 bits per heavy atom. The summed E-state index contributed by atoms with van der Waals surface area (Å²) in [6, 6.07) is 0. The van der Waals surface area contributed by atoms with Crippen molar-refractivity contribution in [3.05, 3.63) is 0 Å². The Morgan fingerprint density at radius 3 is 2.56 bits per heavy atom. The van der Waals surface area contributed by atoms with Crippen LogP contribution in [0.25, 0.3) is 0 Å². The molecule has 56 valence electrons. The minimum atomic E-state index is 0.293. The lowest BCUT2D eigenvalue weighted by Gasteiger charge is -2.10. The van der Waals surface area contributed by atoms with Crippen LogP contribution in [0.3, 0.4) is 0 Å². The predicted octanol–water partition coefficient (Wildman–Crippen LogP) is 2.33. The minimum Gasteiger partial charge on any atom is -0.308 e. The molecule has 1 N–H and O–H groups in total. The monoisotopic (exact) mass is 213 g/mol. The maximum absolute atomic E-state index is 5.87. The number of rotatable bonds is 4. The van der Waals surface area contributed by atoms with Crippen LogP contribution in [0, 0.1) is 0 Å². The topological polar surface area (TPSA) is 12.0 Å². The SMILES string of the molecule is CC[C@@H](Cl)CC(Br)NC. The number of hydrogen-bond acceptors (Lipinski definition) is 1. The third-order valence-corrected chi connectivity index (χ3v) is 2.54. The molecule has 0 heterocycles. The van der Waals surface area contributed by atoms with E-state index in [-0.39, 0.29) is 0 Å². The van der Waals surface area contributed by atoms with Gasteiger partial charge in [0.2, 0.25) is 0 Å². The van der Waals surface area contributed by atoms with E-state index in [2.05, 4.69) is 28.2 Å². The molecule has 2 atom stereocenters. The first-order chi connectivity index (χ1) is 4.20. The molecular weight excluding hydrogens is 201 g/mol. The molecule has 1 unspecified atom stereocenters. The Bertz CT molecular complexity index is 62.1. The normalized spacial score (nSPS) is 17.3. The second-order valence-electron chi connectivity index (χ2n) is 2.00. The van der Waals surface area contributed by atoms with Gasteiger partial charge in [0, 0.05) is 5.38 Å². The third-order valence-electron chi connectivity index (χ3n) is 1.22. The fourth-order valence-corrected chi connectivity index (χ4v) is 1.35. The van der Waals surface area contributed by atoms with Crippen molar-refractivity contribution >= 4 is 27.5 Å². The van der Waals surface area contributed by atoms with Crippen molar-refractivity contribution in [1.29, 1.82) is 0 Å². The summed E-state index contributed by atoms with van der Waals surface area (Å²) >= 11 is 9.29. The summed E-state index contributed by atoms with van der Waals surface area (Å²) in [6.45, 7) is 2.09. The summed E-state index contributed by atoms with van der Waals surface area (Å²) < 4.78 is 0. The zero-order valence-corrected chi connectivity index (χ0v) is 8.17. The summed E-state index contributed by atoms with van der Waals surface area (Å²) in [5, 5.41) is 3.36. The average molecular weight is 215 g/mol. The van der Waals surface area contributed by atoms with Gasteiger partial charge in [-0.2, -0.15) is 0 Å². The Morgan fingerprint density at radius 1 is 1.67 bits per heavy atom. The molecule has 0 aliphatic heterocycles. The van der Waals surface area contributed by atoms with Gasteiger partial charge in [-0.05, 0) is 19.9 Å². The highest BCUT2D eigenvalue weighted by atomic mass is 79.9. The molecule has 0 amide bonds. The summed E-state index contributed by atoms with van der Waals surface area (Å²) in [5.74, 6) is 0. The molecular formula is C6H13BrClN. The fraction of sp³-hybridized carbons (Fsp3) is 1.00. The molecule has 0 aromatic heterocycles. The molecule has 0 rings (SSSR count). The standard InChI is InChI=1S/C6H13BrClN/c1-3-5(8)4-6(7)9-2/h5-6,9H,3-4H2,1-2H3/t5-,6?/m1/s1. The Hall–Kier alpha value is 0.730. The zero-order valence-electron chi connectivity index (χ0n) is 5.82. The largest absolute Gasteiger partial charge is 0.308 e. The maximum atomic E-state index is 5.87. The van der Waals surface area contributed by atoms with Gasteiger partial charge in [0.05, 0.1) is 4.95 Å². The summed E-state index contributed by atoms with van der Waals surface area (Å²) in [4.78, 5) is 0.361. The summed E-state index contributed by atoms with van der Waals surface area (Å²) in [5.41, 5.74) is 0. The lowest BCUT2D eigenvalue weighted by atomic mass is 10.2. The molecule has 0 aromatic rings. The number of nitrogens with one attached hydrogen (secondary N) is 1. The van der Waals surface area contributed by atoms with E-state index in [1.807, 2.05) is 7.05 Å². The van der Waals surface area contributed by atoms with Crippen molar-refractivity contribution < 1.29 is 0 Å². The first-order valence-electron chi connectivity index (χ1n) is 3.16. The molecule has 9 heavy (non-hydrogen) atoms. The molecule has 0 saturated carbocycles. The summed E-state index contributed by atoms with van der Waals surface area (Å²) in [7, 11) is 1.92. The minimum absolute atomic E-state index is 0.293. The first-order valence-corrected chi connectivity index (χ1v) is 4.51. The molecule has 3 heteroatoms. The van der Waals surface area contributed by atoms with Gasteiger partial charge in [-0.3, -0.25) is 0 Å². The van der Waals surface area contributed by atoms with Crippen molar-refractivity contribution in [2.24, 2.45) is 0 Å². The molecule has 0 aliphatic rings. The Balaban J connectivity index is 3.22. The smallest absolute Gasteiger partial charge is 0.0642 e. The lowest BCUT2D eigenvalue weighted by molar-refractivity contribution is 0.645. The van der Waals surface area contributed by atoms with E-state index in [0.29, 0.717) is 10.3 Å². The van der Waals surface area contributed by atoms with Gasteiger partial charge in [-0.1, -0.05) is 22.9 Å². The van der Waals surface area contributed by atoms with Crippen LogP contribution in [-0.4, -0.2) is 17.4 Å². The quantitative estimate of drug-likeness (QED) is 0.560. The van der Waals surface area contributed by atoms with E-state index in [0.717, 1.165) is 12.8 Å². The van der Waals surface area contributed by atoms with Gasteiger partial charge in [-0.25, -0.2) is 0 Å². The van der Waals surface area contributed by atoms with Gasteiger partial charge < -0.3 is 5.32 Å². The van der Waals surface area contributed by atoms with Gasteiger partial charge >= 0.3 is 0 Å². The fourth-order valence-electron chi connectivity index (χ4n) is 0.509. The van der Waals surface area contributed by atoms with Gasteiger partial charge in [0.25, 0.3) is 0 Å². The van der Waals surface area contributed by atoms with E-state index in [9.17, 15) is 0 Å². The van der Waals surface area contributed by atoms with E-state index in [1.54, 1.807) is 0 Å². The van der Waals surface area contributed by atoms with Crippen molar-refractivity contribution in [2.75, 3.05) is 7.05 Å². The number of hydrogen-bond donors (Lipinski definition) is 1. The molecule has 0 bridgehead atoms. The van der Waals surface area contributed by atoms with Gasteiger partial charge in [-0.15, -0.1) is 11.6 Å². The second-order valence-corrected chi connectivity index (χ2v) is 3.72. The van der Waals surface area contributed by atoms with Crippen LogP contribution in [0.1, 0.15) is 19.8 Å². The van der Waals surface area contributed by atoms with Crippen molar-refractivity contribution in [1.82, 2.24) is 5.32 Å². The molecule has 0 aliphatic carbocycles. The van der Waals surface area contributed by atoms with Crippen LogP contribution in [0.4, 0.5) is 0 Å². The average Bonchev–Trinajstić information content (AvgIpc) is 1.87. The Kier molecular flexibility index (Phi) is 5.96. The van der Waals surface area contributed by atoms with E-state index in [1.165, 1.54) is 0 Å². The third kappa shape index (κ3) is 5.19. The molecule has 0 saturated heterocycles. The summed E-state index contributed by atoms with van der Waals surface area (Å²) in [6.07, 6.45) is 2.01. The Labute approximate surface area is 70.3 Å². The van der Waals surface area contributed by atoms with E-state index in [4.69, 9.17) is 11.6 Å². The number of halogens is 2. The van der Waals surface area contributed by atoms with Crippen LogP contribution in [-0.2, 0) is 0 Å². The van der Waals surface area contributed by atoms with Crippen LogP contribution in [0.5, 0.6) is 0 Å². The highest BCUT2D eigenvalue weighted by Gasteiger charge is 2.06. The molecule has 1 nitrogen and oxygen atoms in total. The van der Waals surface area contributed by atoms with Crippen molar-refractivity contribution in [3.8, 4) is 0 Å². The van der Waals surface area contributed by atoms with Gasteiger partial charge in [0.1, 0.15) is 0 Å². The van der Waals surface area contributed by atoms with Crippen LogP contribution in [0.15, 0.2) is 0 Å². The molecule has 0 aromatic carbocycles. The van der Waals surface area contributed by atoms with Crippen LogP contribution >= 0.6 is 27.5 Å². The van der Waals surface area contributed by atoms with Gasteiger partial charge in [0.15, 0.2) is 0 Å². The van der Waals surface area contributed by atoms with Crippen molar-refractivity contribution in [3.63, 3.8) is 0 Å². The second kappa shape index (κ2) is 5.51. The first kappa shape index (κ1) is 9.73. The predicted molar refractivity (Wildman–Crippen MR) is 46.3 cm³/mol. The molecule has 0 spiro atoms. The van der Waals surface area contributed by atoms with Crippen LogP contribution in [0.2, 0.25) is 0 Å². The molecule has 0 radical (unpaired) electrons. The highest BCUT2D eigenvalue weighted by Crippen LogP contribution is 2.12. The maximum Gasteiger partial charge on any atom is 0.0642 e. The van der Waals surface area contributed by atoms with Crippen LogP contribution < -0.4 is 5.32 Å². The molecule has 0 fully saturated rings. The van der Waals surface area contributed by atoms with E-state index >= 15 is 0 Å². The lowest BCUT2D eigenvalue weighted by Crippen LogP contribution is -2.21. The van der Waals surface area contributed by atoms with E-state index < -0.39 is 0 Å². The zero-order chi connectivity index (χ0) is 7.28. The number of alkyl halides is 2.